The van der Waals surface area contributed by atoms with Crippen LogP contribution in [0, 0.1) is 0 Å². The first-order valence-corrected chi connectivity index (χ1v) is 5.71. The largest absolute Gasteiger partial charge is 0.357 e. The molecule has 0 aromatic heterocycles. The molecule has 0 spiro atoms. The molecule has 0 fully saturated rings. The maximum atomic E-state index is 10.1. The van der Waals surface area contributed by atoms with Crippen LogP contribution in [-0.2, 0) is 19.0 Å². The Morgan fingerprint density at radius 2 is 1.36 bits per heavy atom. The molecular weight excluding hydrogens is 204 g/mol. The second kappa shape index (κ2) is 7.49. The highest BCUT2D eigenvalue weighted by atomic mass is 32.2. The standard InChI is InChI=1S/C6H6.C3H8O4S/c1-2-4-6-5-3-1;1-6-3-7-8(2,4)5/h1-6H;3H2,1-2H3. The van der Waals surface area contributed by atoms with Crippen molar-refractivity contribution >= 4 is 10.1 Å². The average Bonchev–Trinajstić information content (AvgIpc) is 2.17. The van der Waals surface area contributed by atoms with Gasteiger partial charge in [-0.3, -0.25) is 0 Å². The van der Waals surface area contributed by atoms with Gasteiger partial charge in [0, 0.05) is 7.11 Å². The Labute approximate surface area is 84.6 Å². The second-order valence-corrected chi connectivity index (χ2v) is 4.03. The molecule has 0 aliphatic heterocycles. The molecule has 0 amide bonds. The van der Waals surface area contributed by atoms with E-state index in [1.165, 1.54) is 7.11 Å². The van der Waals surface area contributed by atoms with Crippen LogP contribution < -0.4 is 0 Å². The smallest absolute Gasteiger partial charge is 0.266 e. The van der Waals surface area contributed by atoms with E-state index in [1.54, 1.807) is 0 Å². The molecule has 0 saturated heterocycles. The SMILES string of the molecule is COCOS(C)(=O)=O.c1ccccc1. The van der Waals surface area contributed by atoms with Crippen molar-refractivity contribution in [1.29, 1.82) is 0 Å². The van der Waals surface area contributed by atoms with Crippen LogP contribution in [0.1, 0.15) is 0 Å². The zero-order chi connectivity index (χ0) is 10.9. The summed E-state index contributed by atoms with van der Waals surface area (Å²) in [5, 5.41) is 0. The number of hydrogen-bond acceptors (Lipinski definition) is 4. The van der Waals surface area contributed by atoms with Crippen LogP contribution in [0.2, 0.25) is 0 Å². The molecule has 0 atom stereocenters. The van der Waals surface area contributed by atoms with Gasteiger partial charge in [0.05, 0.1) is 6.26 Å². The van der Waals surface area contributed by atoms with Crippen LogP contribution >= 0.6 is 0 Å². The lowest BCUT2D eigenvalue weighted by Gasteiger charge is -1.95. The van der Waals surface area contributed by atoms with Crippen LogP contribution in [0.25, 0.3) is 0 Å². The Balaban J connectivity index is 0.000000249. The quantitative estimate of drug-likeness (QED) is 0.566. The molecule has 80 valence electrons. The summed E-state index contributed by atoms with van der Waals surface area (Å²) in [6, 6.07) is 12.0. The van der Waals surface area contributed by atoms with E-state index in [2.05, 4.69) is 8.92 Å². The Hall–Kier alpha value is -0.910. The predicted octanol–water partition coefficient (Wildman–Crippen LogP) is 1.25. The Kier molecular flexibility index (Phi) is 7.00. The molecule has 0 heterocycles. The van der Waals surface area contributed by atoms with E-state index in [0.29, 0.717) is 0 Å². The molecular formula is C9H14O4S. The molecule has 0 saturated carbocycles. The van der Waals surface area contributed by atoms with E-state index >= 15 is 0 Å². The van der Waals surface area contributed by atoms with Gasteiger partial charge in [0.1, 0.15) is 0 Å². The van der Waals surface area contributed by atoms with Crippen molar-refractivity contribution in [2.45, 2.75) is 0 Å². The van der Waals surface area contributed by atoms with Gasteiger partial charge >= 0.3 is 0 Å². The van der Waals surface area contributed by atoms with Crippen LogP contribution in [0.3, 0.4) is 0 Å². The fraction of sp³-hybridized carbons (Fsp3) is 0.333. The maximum absolute atomic E-state index is 10.1. The van der Waals surface area contributed by atoms with Gasteiger partial charge in [-0.1, -0.05) is 36.4 Å². The van der Waals surface area contributed by atoms with E-state index < -0.39 is 10.1 Å². The first-order valence-electron chi connectivity index (χ1n) is 3.89. The van der Waals surface area contributed by atoms with Crippen molar-refractivity contribution in [3.8, 4) is 0 Å². The highest BCUT2D eigenvalue weighted by Gasteiger charge is 1.97. The number of methoxy groups -OCH3 is 1. The molecule has 0 N–H and O–H groups in total. The minimum Gasteiger partial charge on any atom is -0.357 e. The van der Waals surface area contributed by atoms with Gasteiger partial charge in [-0.15, -0.1) is 0 Å². The third-order valence-electron chi connectivity index (χ3n) is 1.05. The summed E-state index contributed by atoms with van der Waals surface area (Å²) >= 11 is 0. The summed E-state index contributed by atoms with van der Waals surface area (Å²) in [6.07, 6.45) is 0.964. The van der Waals surface area contributed by atoms with E-state index in [4.69, 9.17) is 0 Å². The van der Waals surface area contributed by atoms with Gasteiger partial charge in [0.2, 0.25) is 0 Å². The number of benzene rings is 1. The number of rotatable bonds is 3. The molecule has 4 nitrogen and oxygen atoms in total. The molecule has 0 unspecified atom stereocenters. The summed E-state index contributed by atoms with van der Waals surface area (Å²) in [5.74, 6) is 0. The van der Waals surface area contributed by atoms with Crippen molar-refractivity contribution in [3.05, 3.63) is 36.4 Å². The highest BCUT2D eigenvalue weighted by Crippen LogP contribution is 1.83. The van der Waals surface area contributed by atoms with Crippen LogP contribution in [0.15, 0.2) is 36.4 Å². The molecule has 1 aromatic rings. The molecule has 0 radical (unpaired) electrons. The van der Waals surface area contributed by atoms with E-state index in [-0.39, 0.29) is 6.79 Å². The van der Waals surface area contributed by atoms with Crippen LogP contribution in [0.5, 0.6) is 0 Å². The number of hydrogen-bond donors (Lipinski definition) is 0. The molecule has 0 aliphatic rings. The van der Waals surface area contributed by atoms with Crippen LogP contribution in [0.4, 0.5) is 0 Å². The average molecular weight is 218 g/mol. The van der Waals surface area contributed by atoms with Gasteiger partial charge in [-0.2, -0.15) is 8.42 Å². The molecule has 0 bridgehead atoms. The number of ether oxygens (including phenoxy) is 1. The van der Waals surface area contributed by atoms with Gasteiger partial charge in [0.25, 0.3) is 10.1 Å². The lowest BCUT2D eigenvalue weighted by Crippen LogP contribution is -2.04. The molecule has 5 heteroatoms. The van der Waals surface area contributed by atoms with Crippen molar-refractivity contribution in [2.75, 3.05) is 20.2 Å². The summed E-state index contributed by atoms with van der Waals surface area (Å²) in [5.41, 5.74) is 0. The topological polar surface area (TPSA) is 52.6 Å². The van der Waals surface area contributed by atoms with Crippen LogP contribution in [-0.4, -0.2) is 28.6 Å². The van der Waals surface area contributed by atoms with Crippen molar-refractivity contribution in [2.24, 2.45) is 0 Å². The summed E-state index contributed by atoms with van der Waals surface area (Å²) in [6.45, 7) is -0.209. The summed E-state index contributed by atoms with van der Waals surface area (Å²) in [7, 11) is -1.96. The van der Waals surface area contributed by atoms with Crippen molar-refractivity contribution in [3.63, 3.8) is 0 Å². The minimum atomic E-state index is -3.31. The summed E-state index contributed by atoms with van der Waals surface area (Å²) in [4.78, 5) is 0. The van der Waals surface area contributed by atoms with E-state index in [9.17, 15) is 8.42 Å². The monoisotopic (exact) mass is 218 g/mol. The lowest BCUT2D eigenvalue weighted by molar-refractivity contribution is 0.0569. The third kappa shape index (κ3) is 11.1. The molecule has 14 heavy (non-hydrogen) atoms. The predicted molar refractivity (Wildman–Crippen MR) is 54.2 cm³/mol. The van der Waals surface area contributed by atoms with E-state index in [0.717, 1.165) is 6.26 Å². The molecule has 0 aliphatic carbocycles. The fourth-order valence-corrected chi connectivity index (χ4v) is 0.791. The maximum Gasteiger partial charge on any atom is 0.266 e. The summed E-state index contributed by atoms with van der Waals surface area (Å²) < 4.78 is 28.6. The molecule has 1 aromatic carbocycles. The minimum absolute atomic E-state index is 0.209. The lowest BCUT2D eigenvalue weighted by atomic mass is 10.4. The van der Waals surface area contributed by atoms with E-state index in [1.807, 2.05) is 36.4 Å². The van der Waals surface area contributed by atoms with Crippen molar-refractivity contribution < 1.29 is 17.3 Å². The van der Waals surface area contributed by atoms with Gasteiger partial charge in [-0.25, -0.2) is 4.18 Å². The first-order chi connectivity index (χ1) is 6.56. The fourth-order valence-electron chi connectivity index (χ4n) is 0.520. The Morgan fingerprint density at radius 1 is 1.00 bits per heavy atom. The zero-order valence-electron chi connectivity index (χ0n) is 8.21. The second-order valence-electron chi connectivity index (χ2n) is 2.38. The Bertz CT molecular complexity index is 280. The third-order valence-corrected chi connectivity index (χ3v) is 1.57. The van der Waals surface area contributed by atoms with Gasteiger partial charge in [0.15, 0.2) is 6.79 Å². The van der Waals surface area contributed by atoms with Crippen molar-refractivity contribution in [1.82, 2.24) is 0 Å². The highest BCUT2D eigenvalue weighted by molar-refractivity contribution is 7.85. The molecule has 1 rings (SSSR count). The Morgan fingerprint density at radius 3 is 1.50 bits per heavy atom. The van der Waals surface area contributed by atoms with Gasteiger partial charge < -0.3 is 4.74 Å². The normalized spacial score (nSPS) is 10.1. The zero-order valence-corrected chi connectivity index (χ0v) is 9.03. The first kappa shape index (κ1) is 13.1. The van der Waals surface area contributed by atoms with Gasteiger partial charge in [-0.05, 0) is 0 Å².